The summed E-state index contributed by atoms with van der Waals surface area (Å²) in [4.78, 5) is 26.5. The molecule has 2 aliphatic rings. The molecule has 5 heteroatoms. The number of hydrogen-bond donors (Lipinski definition) is 2. The van der Waals surface area contributed by atoms with E-state index in [1.54, 1.807) is 0 Å². The molecule has 1 aliphatic heterocycles. The minimum Gasteiger partial charge on any atom is -0.356 e. The molecule has 1 aliphatic carbocycles. The van der Waals surface area contributed by atoms with E-state index in [9.17, 15) is 9.59 Å². The van der Waals surface area contributed by atoms with E-state index < -0.39 is 5.54 Å². The summed E-state index contributed by atoms with van der Waals surface area (Å²) in [6.07, 6.45) is 8.63. The van der Waals surface area contributed by atoms with E-state index in [1.165, 1.54) is 0 Å². The monoisotopic (exact) mass is 309 g/mol. The lowest BCUT2D eigenvalue weighted by molar-refractivity contribution is -0.140. The molecule has 126 valence electrons. The fraction of sp³-hybridized carbons (Fsp3) is 0.882. The fourth-order valence-corrected chi connectivity index (χ4v) is 3.61. The molecular formula is C17H31N3O2. The molecule has 2 fully saturated rings. The van der Waals surface area contributed by atoms with Crippen molar-refractivity contribution in [1.29, 1.82) is 0 Å². The zero-order chi connectivity index (χ0) is 16.0. The number of nitrogens with one attached hydrogen (secondary N) is 1. The van der Waals surface area contributed by atoms with Crippen LogP contribution in [-0.2, 0) is 9.59 Å². The number of nitrogens with zero attached hydrogens (tertiary/aromatic N) is 1. The molecule has 0 aromatic rings. The Hall–Kier alpha value is -1.10. The highest BCUT2D eigenvalue weighted by molar-refractivity contribution is 5.87. The maximum Gasteiger partial charge on any atom is 0.242 e. The zero-order valence-corrected chi connectivity index (χ0v) is 13.9. The van der Waals surface area contributed by atoms with Crippen LogP contribution in [0.25, 0.3) is 0 Å². The predicted molar refractivity (Wildman–Crippen MR) is 87.2 cm³/mol. The Bertz CT molecular complexity index is 383. The van der Waals surface area contributed by atoms with Gasteiger partial charge in [0.1, 0.15) is 0 Å². The highest BCUT2D eigenvalue weighted by atomic mass is 16.2. The van der Waals surface area contributed by atoms with E-state index in [2.05, 4.69) is 12.2 Å². The predicted octanol–water partition coefficient (Wildman–Crippen LogP) is 1.80. The van der Waals surface area contributed by atoms with E-state index in [-0.39, 0.29) is 17.7 Å². The Morgan fingerprint density at radius 3 is 2.41 bits per heavy atom. The number of likely N-dealkylation sites (tertiary alicyclic amines) is 1. The van der Waals surface area contributed by atoms with Crippen LogP contribution in [0.5, 0.6) is 0 Å². The molecule has 0 atom stereocenters. The highest BCUT2D eigenvalue weighted by Gasteiger charge is 2.41. The van der Waals surface area contributed by atoms with Crippen LogP contribution in [-0.4, -0.2) is 41.9 Å². The summed E-state index contributed by atoms with van der Waals surface area (Å²) in [5, 5.41) is 3.03. The van der Waals surface area contributed by atoms with Crippen LogP contribution in [0.1, 0.15) is 64.7 Å². The average molecular weight is 309 g/mol. The first-order valence-electron chi connectivity index (χ1n) is 8.93. The number of carbonyl (C=O) groups excluding carboxylic acids is 2. The van der Waals surface area contributed by atoms with E-state index >= 15 is 0 Å². The number of unbranched alkanes of at least 4 members (excludes halogenated alkanes) is 2. The van der Waals surface area contributed by atoms with Crippen LogP contribution in [0.3, 0.4) is 0 Å². The molecule has 2 rings (SSSR count). The van der Waals surface area contributed by atoms with Gasteiger partial charge in [0.2, 0.25) is 11.8 Å². The van der Waals surface area contributed by atoms with Gasteiger partial charge < -0.3 is 16.0 Å². The highest BCUT2D eigenvalue weighted by Crippen LogP contribution is 2.30. The average Bonchev–Trinajstić information content (AvgIpc) is 2.99. The maximum atomic E-state index is 12.5. The Morgan fingerprint density at radius 1 is 1.18 bits per heavy atom. The fourth-order valence-electron chi connectivity index (χ4n) is 3.61. The Balaban J connectivity index is 1.73. The van der Waals surface area contributed by atoms with Gasteiger partial charge in [-0.1, -0.05) is 32.6 Å². The van der Waals surface area contributed by atoms with Crippen LogP contribution >= 0.6 is 0 Å². The van der Waals surface area contributed by atoms with Crippen LogP contribution in [0.2, 0.25) is 0 Å². The lowest BCUT2D eigenvalue weighted by atomic mass is 9.92. The molecule has 0 radical (unpaired) electrons. The molecule has 0 aromatic carbocycles. The van der Waals surface area contributed by atoms with Crippen LogP contribution in [0, 0.1) is 5.92 Å². The standard InChI is InChI=1S/C17H31N3O2/c1-2-3-6-11-19-15(21)14-7-12-20(13-8-14)16(22)17(18)9-4-5-10-17/h14H,2-13,18H2,1H3,(H,19,21). The van der Waals surface area contributed by atoms with Gasteiger partial charge in [-0.25, -0.2) is 0 Å². The second-order valence-electron chi connectivity index (χ2n) is 6.93. The van der Waals surface area contributed by atoms with E-state index in [0.717, 1.165) is 64.3 Å². The third-order valence-electron chi connectivity index (χ3n) is 5.15. The minimum absolute atomic E-state index is 0.0583. The van der Waals surface area contributed by atoms with E-state index in [4.69, 9.17) is 5.73 Å². The molecule has 22 heavy (non-hydrogen) atoms. The number of amides is 2. The summed E-state index contributed by atoms with van der Waals surface area (Å²) in [7, 11) is 0. The van der Waals surface area contributed by atoms with Crippen molar-refractivity contribution < 1.29 is 9.59 Å². The third-order valence-corrected chi connectivity index (χ3v) is 5.15. The molecule has 0 bridgehead atoms. The molecule has 0 spiro atoms. The normalized spacial score (nSPS) is 21.8. The van der Waals surface area contributed by atoms with Gasteiger partial charge in [-0.2, -0.15) is 0 Å². The first-order valence-corrected chi connectivity index (χ1v) is 8.93. The number of nitrogens with two attached hydrogens (primary N) is 1. The molecule has 5 nitrogen and oxygen atoms in total. The summed E-state index contributed by atoms with van der Waals surface area (Å²) in [6.45, 7) is 4.27. The number of carbonyl (C=O) groups is 2. The molecule has 3 N–H and O–H groups in total. The summed E-state index contributed by atoms with van der Waals surface area (Å²) < 4.78 is 0. The zero-order valence-electron chi connectivity index (χ0n) is 13.9. The van der Waals surface area contributed by atoms with Crippen molar-refractivity contribution in [1.82, 2.24) is 10.2 Å². The van der Waals surface area contributed by atoms with Gasteiger partial charge in [0.15, 0.2) is 0 Å². The van der Waals surface area contributed by atoms with Gasteiger partial charge in [-0.3, -0.25) is 9.59 Å². The summed E-state index contributed by atoms with van der Waals surface area (Å²) in [6, 6.07) is 0. The molecule has 1 heterocycles. The quantitative estimate of drug-likeness (QED) is 0.735. The van der Waals surface area contributed by atoms with Crippen molar-refractivity contribution in [3.05, 3.63) is 0 Å². The number of piperidine rings is 1. The molecule has 1 saturated carbocycles. The van der Waals surface area contributed by atoms with Gasteiger partial charge >= 0.3 is 0 Å². The van der Waals surface area contributed by atoms with E-state index in [0.29, 0.717) is 13.1 Å². The molecule has 1 saturated heterocycles. The lowest BCUT2D eigenvalue weighted by Crippen LogP contribution is -2.55. The third kappa shape index (κ3) is 4.22. The second kappa shape index (κ2) is 7.95. The maximum absolute atomic E-state index is 12.5. The first kappa shape index (κ1) is 17.3. The first-order chi connectivity index (χ1) is 10.6. The van der Waals surface area contributed by atoms with Crippen LogP contribution < -0.4 is 11.1 Å². The second-order valence-corrected chi connectivity index (χ2v) is 6.93. The van der Waals surface area contributed by atoms with Crippen molar-refractivity contribution in [3.8, 4) is 0 Å². The van der Waals surface area contributed by atoms with E-state index in [1.807, 2.05) is 4.90 Å². The van der Waals surface area contributed by atoms with Gasteiger partial charge in [0.25, 0.3) is 0 Å². The number of hydrogen-bond acceptors (Lipinski definition) is 3. The van der Waals surface area contributed by atoms with Crippen molar-refractivity contribution in [2.75, 3.05) is 19.6 Å². The van der Waals surface area contributed by atoms with Gasteiger partial charge in [0.05, 0.1) is 5.54 Å². The summed E-state index contributed by atoms with van der Waals surface area (Å²) >= 11 is 0. The molecule has 0 unspecified atom stereocenters. The SMILES string of the molecule is CCCCCNC(=O)C1CCN(C(=O)C2(N)CCCC2)CC1. The Labute approximate surface area is 134 Å². The Kier molecular flexibility index (Phi) is 6.24. The van der Waals surface area contributed by atoms with Crippen molar-refractivity contribution in [3.63, 3.8) is 0 Å². The summed E-state index contributed by atoms with van der Waals surface area (Å²) in [5.41, 5.74) is 5.62. The molecule has 0 aromatic heterocycles. The van der Waals surface area contributed by atoms with Crippen molar-refractivity contribution in [2.45, 2.75) is 70.3 Å². The van der Waals surface area contributed by atoms with Gasteiger partial charge in [-0.05, 0) is 32.1 Å². The summed E-state index contributed by atoms with van der Waals surface area (Å²) in [5.74, 6) is 0.321. The smallest absolute Gasteiger partial charge is 0.242 e. The Morgan fingerprint density at radius 2 is 1.82 bits per heavy atom. The van der Waals surface area contributed by atoms with Crippen molar-refractivity contribution in [2.24, 2.45) is 11.7 Å². The largest absolute Gasteiger partial charge is 0.356 e. The number of rotatable bonds is 6. The minimum atomic E-state index is -0.630. The van der Waals surface area contributed by atoms with Gasteiger partial charge in [-0.15, -0.1) is 0 Å². The molecule has 2 amide bonds. The van der Waals surface area contributed by atoms with Crippen LogP contribution in [0.15, 0.2) is 0 Å². The van der Waals surface area contributed by atoms with Gasteiger partial charge in [0, 0.05) is 25.6 Å². The topological polar surface area (TPSA) is 75.4 Å². The lowest BCUT2D eigenvalue weighted by Gasteiger charge is -2.36. The van der Waals surface area contributed by atoms with Crippen LogP contribution in [0.4, 0.5) is 0 Å². The van der Waals surface area contributed by atoms with Crippen molar-refractivity contribution >= 4 is 11.8 Å². The molecular weight excluding hydrogens is 278 g/mol.